The fourth-order valence-corrected chi connectivity index (χ4v) is 1.02. The number of hydrogen-bond acceptors (Lipinski definition) is 2. The van der Waals surface area contributed by atoms with E-state index < -0.39 is 0 Å². The summed E-state index contributed by atoms with van der Waals surface area (Å²) in [5.74, 6) is 1.30. The van der Waals surface area contributed by atoms with Gasteiger partial charge in [0.2, 0.25) is 0 Å². The zero-order valence-corrected chi connectivity index (χ0v) is 9.48. The molecule has 0 unspecified atom stereocenters. The second-order valence-corrected chi connectivity index (χ2v) is 3.27. The number of rotatable bonds is 2. The van der Waals surface area contributed by atoms with Gasteiger partial charge in [0, 0.05) is 0 Å². The Kier molecular flexibility index (Phi) is 5.52. The molecule has 3 heteroatoms. The maximum absolute atomic E-state index is 10.7. The molecule has 0 spiro atoms. The van der Waals surface area contributed by atoms with E-state index in [0.717, 1.165) is 5.92 Å². The summed E-state index contributed by atoms with van der Waals surface area (Å²) in [6.07, 6.45) is 7.60. The van der Waals surface area contributed by atoms with E-state index in [1.807, 2.05) is 13.8 Å². The Hall–Kier alpha value is -0.778. The van der Waals surface area contributed by atoms with Gasteiger partial charge in [-0.15, -0.1) is 23.8 Å². The van der Waals surface area contributed by atoms with E-state index in [0.29, 0.717) is 12.0 Å². The fourth-order valence-electron chi connectivity index (χ4n) is 1.02. The molecule has 74 valence electrons. The molecule has 0 fully saturated rings. The Bertz CT molecular complexity index is 280. The van der Waals surface area contributed by atoms with Crippen molar-refractivity contribution in [1.82, 2.24) is 0 Å². The smallest absolute Gasteiger partial charge is 0.558 e. The van der Waals surface area contributed by atoms with E-state index in [2.05, 4.69) is 6.08 Å². The molecule has 0 heterocycles. The summed E-state index contributed by atoms with van der Waals surface area (Å²) in [6.45, 7) is 3.89. The Labute approximate surface area is 95.1 Å². The van der Waals surface area contributed by atoms with Crippen LogP contribution in [-0.4, -0.2) is 10.9 Å². The summed E-state index contributed by atoms with van der Waals surface area (Å²) >= 11 is 0. The average molecular weight is 228 g/mol. The van der Waals surface area contributed by atoms with Gasteiger partial charge >= 0.3 is 17.4 Å². The van der Waals surface area contributed by atoms with E-state index in [-0.39, 0.29) is 28.9 Å². The predicted octanol–water partition coefficient (Wildman–Crippen LogP) is 2.30. The minimum Gasteiger partial charge on any atom is -0.558 e. The van der Waals surface area contributed by atoms with E-state index in [4.69, 9.17) is 0 Å². The van der Waals surface area contributed by atoms with Crippen molar-refractivity contribution in [3.8, 4) is 0 Å². The first kappa shape index (κ1) is 13.2. The molecule has 1 rings (SSSR count). The molecule has 1 aliphatic rings. The van der Waals surface area contributed by atoms with Gasteiger partial charge in [0.05, 0.1) is 5.78 Å². The number of carbonyl (C=O) groups is 1. The van der Waals surface area contributed by atoms with E-state index in [9.17, 15) is 9.90 Å². The summed E-state index contributed by atoms with van der Waals surface area (Å²) in [5, 5.41) is 9.54. The number of carbonyl (C=O) groups excluding carboxylic acids is 1. The third kappa shape index (κ3) is 3.95. The number of allylic oxidation sites excluding steroid dienone is 6. The molecule has 0 aromatic rings. The van der Waals surface area contributed by atoms with Crippen LogP contribution in [0, 0.1) is 12.0 Å². The second kappa shape index (κ2) is 5.85. The van der Waals surface area contributed by atoms with Crippen molar-refractivity contribution in [1.29, 1.82) is 0 Å². The molecule has 0 amide bonds. The fraction of sp³-hybridized carbons (Fsp3) is 0.273. The van der Waals surface area contributed by atoms with Crippen molar-refractivity contribution in [3.05, 3.63) is 41.6 Å². The molecule has 0 saturated heterocycles. The molecule has 0 radical (unpaired) electrons. The molecular weight excluding hydrogens is 216 g/mol. The molecule has 0 aromatic carbocycles. The van der Waals surface area contributed by atoms with E-state index in [1.54, 1.807) is 6.08 Å². The van der Waals surface area contributed by atoms with Crippen molar-refractivity contribution in [2.24, 2.45) is 0 Å². The zero-order chi connectivity index (χ0) is 9.84. The van der Waals surface area contributed by atoms with Crippen molar-refractivity contribution >= 4 is 5.78 Å². The number of hydrogen-bond donors (Lipinski definition) is 1. The molecule has 0 aromatic heterocycles. The number of ketones is 1. The second-order valence-electron chi connectivity index (χ2n) is 3.27. The first-order valence-electron chi connectivity index (χ1n) is 4.12. The molecule has 0 saturated carbocycles. The summed E-state index contributed by atoms with van der Waals surface area (Å²) in [5.41, 5.74) is 0.598. The monoisotopic (exact) mass is 228 g/mol. The quantitative estimate of drug-likeness (QED) is 0.581. The topological polar surface area (TPSA) is 37.3 Å². The molecule has 0 aliphatic heterocycles. The van der Waals surface area contributed by atoms with Crippen LogP contribution < -0.4 is 0 Å². The maximum Gasteiger partial charge on any atom is 2.00 e. The van der Waals surface area contributed by atoms with Gasteiger partial charge in [-0.25, -0.2) is 0 Å². The molecular formula is C11H12CrO2. The Balaban J connectivity index is 0.00000169. The van der Waals surface area contributed by atoms with Crippen molar-refractivity contribution in [3.63, 3.8) is 0 Å². The van der Waals surface area contributed by atoms with Gasteiger partial charge in [-0.1, -0.05) is 6.08 Å². The van der Waals surface area contributed by atoms with E-state index in [1.165, 1.54) is 12.2 Å². The average Bonchev–Trinajstić information content (AvgIpc) is 2.04. The van der Waals surface area contributed by atoms with Gasteiger partial charge in [-0.2, -0.15) is 20.3 Å². The summed E-state index contributed by atoms with van der Waals surface area (Å²) in [4.78, 5) is 10.7. The van der Waals surface area contributed by atoms with E-state index >= 15 is 0 Å². The van der Waals surface area contributed by atoms with Crippen LogP contribution in [-0.2, 0) is 22.2 Å². The van der Waals surface area contributed by atoms with Crippen molar-refractivity contribution in [2.75, 3.05) is 0 Å². The first-order valence-corrected chi connectivity index (χ1v) is 4.12. The molecule has 1 N–H and O–H groups in total. The van der Waals surface area contributed by atoms with Gasteiger partial charge in [-0.3, -0.25) is 0 Å². The van der Waals surface area contributed by atoms with Gasteiger partial charge in [-0.05, 0) is 5.76 Å². The van der Waals surface area contributed by atoms with Crippen LogP contribution in [0.5, 0.6) is 0 Å². The van der Waals surface area contributed by atoms with Crippen LogP contribution in [0.25, 0.3) is 0 Å². The van der Waals surface area contributed by atoms with Crippen LogP contribution in [0.2, 0.25) is 0 Å². The molecule has 0 atom stereocenters. The van der Waals surface area contributed by atoms with Gasteiger partial charge in [0.25, 0.3) is 0 Å². The molecule has 2 nitrogen and oxygen atoms in total. The first-order chi connectivity index (χ1) is 6.09. The maximum atomic E-state index is 10.7. The van der Waals surface area contributed by atoms with Gasteiger partial charge < -0.3 is 15.8 Å². The third-order valence-corrected chi connectivity index (χ3v) is 1.62. The zero-order valence-electron chi connectivity index (χ0n) is 8.20. The standard InChI is InChI=1S/C11H12O2.Cr/c1-8(2)7-11(13)9-3-5-10(12)6-4-9;/h3,5-6,13H,7H2,1-2H3;/q-2;+2/b11-9+;. The Morgan fingerprint density at radius 1 is 1.50 bits per heavy atom. The summed E-state index contributed by atoms with van der Waals surface area (Å²) in [6, 6.07) is 0. The summed E-state index contributed by atoms with van der Waals surface area (Å²) in [7, 11) is 0. The Morgan fingerprint density at radius 2 is 2.14 bits per heavy atom. The predicted molar refractivity (Wildman–Crippen MR) is 50.8 cm³/mol. The van der Waals surface area contributed by atoms with Gasteiger partial charge in [0.1, 0.15) is 0 Å². The molecule has 0 bridgehead atoms. The summed E-state index contributed by atoms with van der Waals surface area (Å²) < 4.78 is 0. The van der Waals surface area contributed by atoms with Crippen LogP contribution in [0.15, 0.2) is 29.6 Å². The van der Waals surface area contributed by atoms with Gasteiger partial charge in [0.15, 0.2) is 0 Å². The van der Waals surface area contributed by atoms with Crippen LogP contribution >= 0.6 is 0 Å². The van der Waals surface area contributed by atoms with Crippen LogP contribution in [0.1, 0.15) is 20.3 Å². The molecule has 14 heavy (non-hydrogen) atoms. The minimum atomic E-state index is -0.0891. The molecule has 1 aliphatic carbocycles. The number of aliphatic hydroxyl groups excluding tert-OH is 1. The van der Waals surface area contributed by atoms with Crippen LogP contribution in [0.4, 0.5) is 0 Å². The largest absolute Gasteiger partial charge is 2.00 e. The normalized spacial score (nSPS) is 18.4. The SMILES string of the molecule is C[C-](C)C/C(O)=C1\[C-]=CC(=O)C=C1.[Cr+2]. The number of aliphatic hydroxyl groups is 1. The van der Waals surface area contributed by atoms with Crippen molar-refractivity contribution in [2.45, 2.75) is 20.3 Å². The van der Waals surface area contributed by atoms with Crippen molar-refractivity contribution < 1.29 is 27.3 Å². The third-order valence-electron chi connectivity index (χ3n) is 1.62. The van der Waals surface area contributed by atoms with Crippen LogP contribution in [0.3, 0.4) is 0 Å². The Morgan fingerprint density at radius 3 is 2.57 bits per heavy atom. The minimum absolute atomic E-state index is 0.